The van der Waals surface area contributed by atoms with E-state index in [1.165, 1.54) is 0 Å². The highest BCUT2D eigenvalue weighted by Crippen LogP contribution is 0.691. The van der Waals surface area contributed by atoms with E-state index in [4.69, 9.17) is 0 Å². The molecule has 0 saturated carbocycles. The molecule has 0 aromatic heterocycles. The quantitative estimate of drug-likeness (QED) is 0.347. The van der Waals surface area contributed by atoms with Crippen LogP contribution < -0.4 is 0 Å². The van der Waals surface area contributed by atoms with Crippen molar-refractivity contribution in [1.29, 1.82) is 0 Å². The summed E-state index contributed by atoms with van der Waals surface area (Å²) in [5.74, 6) is 0. The Morgan fingerprint density at radius 1 is 0.600 bits per heavy atom. The molecule has 0 radical (unpaired) electrons. The van der Waals surface area contributed by atoms with Crippen molar-refractivity contribution in [2.75, 3.05) is 0 Å². The summed E-state index contributed by atoms with van der Waals surface area (Å²) >= 11 is 0. The molecule has 0 atom stereocenters. The van der Waals surface area contributed by atoms with Crippen LogP contribution in [0.5, 0.6) is 0 Å². The highest BCUT2D eigenvalue weighted by molar-refractivity contribution is 5.85. The van der Waals surface area contributed by atoms with Crippen LogP contribution in [0.25, 0.3) is 0 Å². The summed E-state index contributed by atoms with van der Waals surface area (Å²) in [5, 5.41) is 0. The molecule has 0 aliphatic heterocycles. The van der Waals surface area contributed by atoms with Crippen molar-refractivity contribution in [2.24, 2.45) is 0 Å². The van der Waals surface area contributed by atoms with Crippen molar-refractivity contribution in [2.45, 2.75) is 0 Å². The average molecular weight is 151 g/mol. The predicted molar refractivity (Wildman–Crippen MR) is 38.0 cm³/mol. The van der Waals surface area contributed by atoms with E-state index in [1.54, 1.807) is 0 Å². The molecule has 0 rings (SSSR count). The average Bonchev–Trinajstić information content (AvgIpc) is 0. The summed E-state index contributed by atoms with van der Waals surface area (Å²) in [6, 6.07) is 0. The van der Waals surface area contributed by atoms with E-state index in [-0.39, 0.29) is 65.0 Å². The summed E-state index contributed by atoms with van der Waals surface area (Å²) in [4.78, 5) is 0. The smallest absolute Gasteiger partial charge is 0.187 e. The van der Waals surface area contributed by atoms with Crippen LogP contribution in [0.2, 0.25) is 0 Å². The van der Waals surface area contributed by atoms with Crippen molar-refractivity contribution < 1.29 is 5.48 Å². The van der Waals surface area contributed by atoms with Gasteiger partial charge in [-0.2, -0.15) is 0 Å². The summed E-state index contributed by atoms with van der Waals surface area (Å²) in [6.07, 6.45) is 0. The molecule has 0 unspecified atom stereocenters. The fraction of sp³-hybridized carbons (Fsp3) is 0. The summed E-state index contributed by atoms with van der Waals surface area (Å²) in [7, 11) is 0. The molecule has 0 heterocycles. The molecule has 0 saturated heterocycles. The topological polar surface area (TPSA) is 31.5 Å². The largest absolute Gasteiger partial charge is 0.412 e. The third-order valence-corrected chi connectivity index (χ3v) is 0. The molecule has 0 fully saturated rings. The monoisotopic (exact) mass is 150 g/mol. The summed E-state index contributed by atoms with van der Waals surface area (Å²) < 4.78 is 0. The van der Waals surface area contributed by atoms with Crippen molar-refractivity contribution >= 4 is 59.5 Å². The zero-order chi connectivity index (χ0) is 0. The Morgan fingerprint density at radius 2 is 0.600 bits per heavy atom. The highest BCUT2D eigenvalue weighted by atomic mass is 35.5. The highest BCUT2D eigenvalue weighted by Gasteiger charge is 0.188. The molecule has 0 aromatic carbocycles. The number of rotatable bonds is 0. The fourth-order valence-electron chi connectivity index (χ4n) is 0. The zero-order valence-electron chi connectivity index (χ0n) is 1.32. The van der Waals surface area contributed by atoms with Gasteiger partial charge < -0.3 is 5.48 Å². The molecule has 0 bridgehead atoms. The minimum atomic E-state index is 0. The Morgan fingerprint density at radius 3 is 0.600 bits per heavy atom. The van der Waals surface area contributed by atoms with Crippen LogP contribution in [0.15, 0.2) is 0 Å². The molecular formula is H10Al2Cl2O. The first-order valence-electron chi connectivity index (χ1n) is 0. The van der Waals surface area contributed by atoms with E-state index in [2.05, 4.69) is 0 Å². The van der Waals surface area contributed by atoms with Gasteiger partial charge in [0, 0.05) is 0 Å². The van der Waals surface area contributed by atoms with Gasteiger partial charge in [-0.15, -0.1) is 24.8 Å². The van der Waals surface area contributed by atoms with E-state index >= 15 is 0 Å². The first kappa shape index (κ1) is 80.6. The van der Waals surface area contributed by atoms with E-state index < -0.39 is 0 Å². The number of halogens is 2. The maximum Gasteiger partial charge on any atom is 0.187 e. The van der Waals surface area contributed by atoms with Gasteiger partial charge in [-0.05, 0) is 0 Å². The van der Waals surface area contributed by atoms with Crippen molar-refractivity contribution in [3.8, 4) is 0 Å². The standard InChI is InChI=1S/2Al.2ClH.H2O.6H/h;;2*1H;1H2;;;;;;. The molecule has 5 heavy (non-hydrogen) atoms. The second kappa shape index (κ2) is 46.1. The lowest BCUT2D eigenvalue weighted by atomic mass is 16.0. The normalized spacial score (nSPS) is 0. The van der Waals surface area contributed by atoms with Gasteiger partial charge in [0.2, 0.25) is 0 Å². The minimum absolute atomic E-state index is 0. The van der Waals surface area contributed by atoms with Crippen LogP contribution in [0.1, 0.15) is 0 Å². The van der Waals surface area contributed by atoms with Crippen LogP contribution >= 0.6 is 24.8 Å². The Balaban J connectivity index is 0. The zero-order valence-corrected chi connectivity index (χ0v) is 2.95. The Kier molecular flexibility index (Phi) is 743. The van der Waals surface area contributed by atoms with Crippen molar-refractivity contribution in [3.63, 3.8) is 0 Å². The first-order valence-corrected chi connectivity index (χ1v) is 0. The Hall–Kier alpha value is 1.60. The van der Waals surface area contributed by atoms with Crippen LogP contribution in [0, 0.1) is 0 Å². The van der Waals surface area contributed by atoms with Crippen LogP contribution in [-0.2, 0) is 0 Å². The third kappa shape index (κ3) is 28.3. The van der Waals surface area contributed by atoms with E-state index in [9.17, 15) is 0 Å². The number of hydrogen-bond acceptors (Lipinski definition) is 0. The van der Waals surface area contributed by atoms with E-state index in [0.717, 1.165) is 0 Å². The summed E-state index contributed by atoms with van der Waals surface area (Å²) in [5.41, 5.74) is 0. The fourth-order valence-corrected chi connectivity index (χ4v) is 0. The van der Waals surface area contributed by atoms with Gasteiger partial charge >= 0.3 is 0 Å². The Bertz CT molecular complexity index is 7.61. The maximum atomic E-state index is 0. The second-order valence-electron chi connectivity index (χ2n) is 0. The van der Waals surface area contributed by atoms with Gasteiger partial charge in [0.25, 0.3) is 0 Å². The van der Waals surface area contributed by atoms with Crippen molar-refractivity contribution in [1.82, 2.24) is 0 Å². The van der Waals surface area contributed by atoms with Gasteiger partial charge in [0.15, 0.2) is 34.7 Å². The summed E-state index contributed by atoms with van der Waals surface area (Å²) in [6.45, 7) is 0. The van der Waals surface area contributed by atoms with Gasteiger partial charge in [-0.25, -0.2) is 0 Å². The van der Waals surface area contributed by atoms with Crippen LogP contribution in [-0.4, -0.2) is 40.2 Å². The molecule has 5 heteroatoms. The predicted octanol–water partition coefficient (Wildman–Crippen LogP) is -2.35. The van der Waals surface area contributed by atoms with Gasteiger partial charge in [0.05, 0.1) is 0 Å². The second-order valence-corrected chi connectivity index (χ2v) is 0. The lowest BCUT2D eigenvalue weighted by Gasteiger charge is -0.412. The lowest BCUT2D eigenvalue weighted by Crippen LogP contribution is -0.382. The third-order valence-electron chi connectivity index (χ3n) is 0. The molecule has 2 N–H and O–H groups in total. The number of hydrogen-bond donors (Lipinski definition) is 0. The molecule has 0 aliphatic carbocycles. The molecule has 0 amide bonds. The molecule has 0 aliphatic rings. The van der Waals surface area contributed by atoms with Gasteiger partial charge in [-0.3, -0.25) is 0 Å². The molecule has 36 valence electrons. The van der Waals surface area contributed by atoms with E-state index in [0.29, 0.717) is 0 Å². The van der Waals surface area contributed by atoms with Gasteiger partial charge in [0.1, 0.15) is 0 Å². The first-order chi connectivity index (χ1) is 0. The lowest BCUT2D eigenvalue weighted by molar-refractivity contribution is 0.824. The van der Waals surface area contributed by atoms with Crippen LogP contribution in [0.4, 0.5) is 0 Å². The van der Waals surface area contributed by atoms with Gasteiger partial charge in [-0.1, -0.05) is 0 Å². The van der Waals surface area contributed by atoms with Crippen LogP contribution in [0.3, 0.4) is 0 Å². The maximum absolute atomic E-state index is 0. The van der Waals surface area contributed by atoms with Crippen molar-refractivity contribution in [3.05, 3.63) is 0 Å². The Labute approximate surface area is 64.9 Å². The minimum Gasteiger partial charge on any atom is -0.412 e. The van der Waals surface area contributed by atoms with E-state index in [1.807, 2.05) is 0 Å². The SMILES string of the molecule is Cl.Cl.O.[AlH3].[AlH3]. The molecule has 0 spiro atoms. The molecule has 0 aromatic rings. The molecule has 1 nitrogen and oxygen atoms in total. The molecular weight excluding hydrogens is 141 g/mol.